The van der Waals surface area contributed by atoms with Crippen molar-refractivity contribution < 1.29 is 13.9 Å². The molecule has 0 saturated heterocycles. The molecule has 9 heteroatoms. The number of carbonyl (C=O) groups excluding carboxylic acids is 1. The van der Waals surface area contributed by atoms with E-state index in [-0.39, 0.29) is 11.6 Å². The molecule has 1 unspecified atom stereocenters. The lowest BCUT2D eigenvalue weighted by molar-refractivity contribution is -0.138. The van der Waals surface area contributed by atoms with Gasteiger partial charge in [-0.3, -0.25) is 4.99 Å². The zero-order valence-corrected chi connectivity index (χ0v) is 18.3. The van der Waals surface area contributed by atoms with E-state index in [1.807, 2.05) is 30.3 Å². The predicted octanol–water partition coefficient (Wildman–Crippen LogP) is 4.05. The summed E-state index contributed by atoms with van der Waals surface area (Å²) < 4.78 is 20.6. The Hall–Kier alpha value is -3.52. The summed E-state index contributed by atoms with van der Waals surface area (Å²) in [4.78, 5) is 21.7. The second-order valence-electron chi connectivity index (χ2n) is 7.18. The first kappa shape index (κ1) is 21.7. The average Bonchev–Trinajstić information content (AvgIpc) is 3.22. The van der Waals surface area contributed by atoms with Crippen molar-refractivity contribution in [3.63, 3.8) is 0 Å². The van der Waals surface area contributed by atoms with Crippen molar-refractivity contribution in [2.75, 3.05) is 6.61 Å². The van der Waals surface area contributed by atoms with E-state index < -0.39 is 17.8 Å². The SMILES string of the molecule is CCOC(=O)C1=C(C)NC(c2ncn(Cc3ccccc3)n2)=NC1c1ccc(F)cc1Cl. The van der Waals surface area contributed by atoms with Crippen LogP contribution in [0.2, 0.25) is 5.02 Å². The van der Waals surface area contributed by atoms with Crippen molar-refractivity contribution in [3.8, 4) is 0 Å². The van der Waals surface area contributed by atoms with Gasteiger partial charge in [0, 0.05) is 16.3 Å². The van der Waals surface area contributed by atoms with Gasteiger partial charge in [0.25, 0.3) is 0 Å². The molecule has 0 amide bonds. The van der Waals surface area contributed by atoms with Crippen LogP contribution in [0, 0.1) is 5.82 Å². The van der Waals surface area contributed by atoms with Crippen LogP contribution in [0.25, 0.3) is 0 Å². The predicted molar refractivity (Wildman–Crippen MR) is 119 cm³/mol. The molecule has 2 heterocycles. The normalized spacial score (nSPS) is 15.9. The second-order valence-corrected chi connectivity index (χ2v) is 7.59. The van der Waals surface area contributed by atoms with Gasteiger partial charge in [-0.2, -0.15) is 0 Å². The van der Waals surface area contributed by atoms with E-state index in [1.54, 1.807) is 24.9 Å². The summed E-state index contributed by atoms with van der Waals surface area (Å²) >= 11 is 6.31. The highest BCUT2D eigenvalue weighted by Crippen LogP contribution is 2.36. The molecule has 1 aliphatic rings. The lowest BCUT2D eigenvalue weighted by Crippen LogP contribution is -2.33. The molecule has 0 fully saturated rings. The third-order valence-corrected chi connectivity index (χ3v) is 5.26. The van der Waals surface area contributed by atoms with Crippen LogP contribution in [0.3, 0.4) is 0 Å². The fraction of sp³-hybridized carbons (Fsp3) is 0.217. The van der Waals surface area contributed by atoms with Crippen LogP contribution in [-0.2, 0) is 16.1 Å². The Morgan fingerprint density at radius 2 is 2.03 bits per heavy atom. The van der Waals surface area contributed by atoms with Crippen LogP contribution in [0.5, 0.6) is 0 Å². The maximum Gasteiger partial charge on any atom is 0.338 e. The molecule has 32 heavy (non-hydrogen) atoms. The number of rotatable bonds is 6. The first-order valence-corrected chi connectivity index (χ1v) is 10.5. The van der Waals surface area contributed by atoms with Gasteiger partial charge in [0.05, 0.1) is 18.7 Å². The van der Waals surface area contributed by atoms with E-state index >= 15 is 0 Å². The Balaban J connectivity index is 1.70. The van der Waals surface area contributed by atoms with E-state index in [2.05, 4.69) is 20.4 Å². The quantitative estimate of drug-likeness (QED) is 0.569. The monoisotopic (exact) mass is 453 g/mol. The number of nitrogens with one attached hydrogen (secondary N) is 1. The largest absolute Gasteiger partial charge is 0.463 e. The lowest BCUT2D eigenvalue weighted by atomic mass is 9.96. The maximum absolute atomic E-state index is 13.6. The van der Waals surface area contributed by atoms with Gasteiger partial charge in [0.1, 0.15) is 18.2 Å². The van der Waals surface area contributed by atoms with Crippen LogP contribution < -0.4 is 5.32 Å². The summed E-state index contributed by atoms with van der Waals surface area (Å²) in [7, 11) is 0. The van der Waals surface area contributed by atoms with E-state index in [4.69, 9.17) is 16.3 Å². The Morgan fingerprint density at radius 1 is 1.25 bits per heavy atom. The first-order valence-electron chi connectivity index (χ1n) is 10.1. The van der Waals surface area contributed by atoms with Crippen LogP contribution in [0.4, 0.5) is 4.39 Å². The van der Waals surface area contributed by atoms with Crippen molar-refractivity contribution in [1.82, 2.24) is 20.1 Å². The highest BCUT2D eigenvalue weighted by molar-refractivity contribution is 6.31. The molecule has 1 aliphatic heterocycles. The Kier molecular flexibility index (Phi) is 6.32. The number of hydrogen-bond donors (Lipinski definition) is 1. The van der Waals surface area contributed by atoms with E-state index in [9.17, 15) is 9.18 Å². The number of allylic oxidation sites excluding steroid dienone is 1. The molecule has 164 valence electrons. The number of aliphatic imine (C=N–C) groups is 1. The zero-order valence-electron chi connectivity index (χ0n) is 17.5. The number of halogens is 2. The fourth-order valence-corrected chi connectivity index (χ4v) is 3.73. The molecule has 0 aliphatic carbocycles. The Labute approximate surface area is 189 Å². The number of hydrogen-bond acceptors (Lipinski definition) is 6. The third-order valence-electron chi connectivity index (χ3n) is 4.93. The van der Waals surface area contributed by atoms with Gasteiger partial charge < -0.3 is 10.1 Å². The van der Waals surface area contributed by atoms with Crippen LogP contribution in [-0.4, -0.2) is 33.2 Å². The van der Waals surface area contributed by atoms with Gasteiger partial charge in [0.15, 0.2) is 5.84 Å². The third kappa shape index (κ3) is 4.55. The molecule has 2 aromatic carbocycles. The molecular formula is C23H21ClFN5O2. The highest BCUT2D eigenvalue weighted by Gasteiger charge is 2.32. The van der Waals surface area contributed by atoms with Gasteiger partial charge in [-0.15, -0.1) is 5.10 Å². The van der Waals surface area contributed by atoms with Crippen LogP contribution in [0.15, 0.2) is 71.1 Å². The minimum Gasteiger partial charge on any atom is -0.463 e. The summed E-state index contributed by atoms with van der Waals surface area (Å²) in [5.74, 6) is -0.246. The molecule has 1 atom stereocenters. The number of nitrogens with zero attached hydrogens (tertiary/aromatic N) is 4. The van der Waals surface area contributed by atoms with Gasteiger partial charge >= 0.3 is 5.97 Å². The minimum atomic E-state index is -0.792. The van der Waals surface area contributed by atoms with Gasteiger partial charge in [-0.05, 0) is 31.5 Å². The minimum absolute atomic E-state index is 0.164. The Morgan fingerprint density at radius 3 is 2.75 bits per heavy atom. The Bertz CT molecular complexity index is 1210. The number of benzene rings is 2. The van der Waals surface area contributed by atoms with Crippen molar-refractivity contribution in [2.45, 2.75) is 26.4 Å². The van der Waals surface area contributed by atoms with Crippen molar-refractivity contribution in [1.29, 1.82) is 0 Å². The van der Waals surface area contributed by atoms with Crippen molar-refractivity contribution in [3.05, 3.63) is 93.9 Å². The average molecular weight is 454 g/mol. The van der Waals surface area contributed by atoms with Crippen LogP contribution >= 0.6 is 11.6 Å². The molecule has 0 radical (unpaired) electrons. The zero-order chi connectivity index (χ0) is 22.7. The van der Waals surface area contributed by atoms with E-state index in [1.165, 1.54) is 18.2 Å². The summed E-state index contributed by atoms with van der Waals surface area (Å²) in [6.07, 6.45) is 1.62. The molecule has 1 N–H and O–H groups in total. The fourth-order valence-electron chi connectivity index (χ4n) is 3.46. The number of ether oxygens (including phenoxy) is 1. The molecule has 1 aromatic heterocycles. The maximum atomic E-state index is 13.6. The van der Waals surface area contributed by atoms with E-state index in [0.717, 1.165) is 5.56 Å². The number of aromatic nitrogens is 3. The summed E-state index contributed by atoms with van der Waals surface area (Å²) in [5.41, 5.74) is 2.41. The summed E-state index contributed by atoms with van der Waals surface area (Å²) in [6, 6.07) is 13.1. The van der Waals surface area contributed by atoms with Gasteiger partial charge in [-0.25, -0.2) is 18.9 Å². The molecule has 7 nitrogen and oxygen atoms in total. The molecule has 0 bridgehead atoms. The van der Waals surface area contributed by atoms with Gasteiger partial charge in [-0.1, -0.05) is 48.0 Å². The van der Waals surface area contributed by atoms with Crippen molar-refractivity contribution >= 4 is 23.4 Å². The standard InChI is InChI=1S/C23H21ClFN5O2/c1-3-32-23(31)19-14(2)27-22(28-20(19)17-10-9-16(25)11-18(17)24)21-26-13-30(29-21)12-15-7-5-4-6-8-15/h4-11,13,20H,3,12H2,1-2H3,(H,27,28). The second kappa shape index (κ2) is 9.32. The molecule has 3 aromatic rings. The lowest BCUT2D eigenvalue weighted by Gasteiger charge is -2.25. The number of amidine groups is 1. The smallest absolute Gasteiger partial charge is 0.338 e. The topological polar surface area (TPSA) is 81.4 Å². The molecular weight excluding hydrogens is 433 g/mol. The number of esters is 1. The van der Waals surface area contributed by atoms with E-state index in [0.29, 0.717) is 35.0 Å². The molecule has 4 rings (SSSR count). The summed E-state index contributed by atoms with van der Waals surface area (Å²) in [6.45, 7) is 4.23. The first-order chi connectivity index (χ1) is 15.5. The van der Waals surface area contributed by atoms with Gasteiger partial charge in [0.2, 0.25) is 5.82 Å². The molecule has 0 spiro atoms. The van der Waals surface area contributed by atoms with Crippen molar-refractivity contribution in [2.24, 2.45) is 4.99 Å². The highest BCUT2D eigenvalue weighted by atomic mass is 35.5. The molecule has 0 saturated carbocycles. The number of carbonyl (C=O) groups is 1. The van der Waals surface area contributed by atoms with Crippen LogP contribution in [0.1, 0.15) is 36.8 Å². The summed E-state index contributed by atoms with van der Waals surface area (Å²) in [5, 5.41) is 7.78.